The maximum atomic E-state index is 11.5. The van der Waals surface area contributed by atoms with E-state index in [-0.39, 0.29) is 17.9 Å². The number of unbranched alkanes of at least 4 members (excludes halogenated alkanes) is 1. The van der Waals surface area contributed by atoms with Gasteiger partial charge in [-0.1, -0.05) is 15.9 Å². The maximum absolute atomic E-state index is 11.5. The van der Waals surface area contributed by atoms with E-state index in [2.05, 4.69) is 15.9 Å². The number of hydrogen-bond donors (Lipinski definition) is 1. The highest BCUT2D eigenvalue weighted by atomic mass is 79.9. The molecule has 1 unspecified atom stereocenters. The first kappa shape index (κ1) is 11.5. The number of primary amides is 1. The van der Waals surface area contributed by atoms with Gasteiger partial charge in [0.2, 0.25) is 11.8 Å². The third kappa shape index (κ3) is 2.70. The Labute approximate surface area is 91.9 Å². The molecule has 1 rings (SSSR count). The summed E-state index contributed by atoms with van der Waals surface area (Å²) in [5, 5.41) is 0.916. The van der Waals surface area contributed by atoms with E-state index in [1.54, 1.807) is 4.90 Å². The molecule has 0 aromatic heterocycles. The van der Waals surface area contributed by atoms with Gasteiger partial charge in [-0.2, -0.15) is 0 Å². The van der Waals surface area contributed by atoms with E-state index in [4.69, 9.17) is 5.73 Å². The number of alkyl halides is 1. The molecule has 0 aromatic carbocycles. The molecule has 0 spiro atoms. The molecule has 0 aliphatic carbocycles. The van der Waals surface area contributed by atoms with Crippen molar-refractivity contribution in [2.75, 3.05) is 11.9 Å². The van der Waals surface area contributed by atoms with E-state index in [1.807, 2.05) is 0 Å². The van der Waals surface area contributed by atoms with Gasteiger partial charge in [-0.3, -0.25) is 9.59 Å². The van der Waals surface area contributed by atoms with Crippen LogP contribution in [0.25, 0.3) is 0 Å². The van der Waals surface area contributed by atoms with Crippen molar-refractivity contribution in [1.29, 1.82) is 0 Å². The van der Waals surface area contributed by atoms with Gasteiger partial charge in [-0.15, -0.1) is 0 Å². The SMILES string of the molecule is NC(=O)C1CCN1C(=O)CCCCBr. The number of hydrogen-bond acceptors (Lipinski definition) is 2. The van der Waals surface area contributed by atoms with Crippen LogP contribution in [0.2, 0.25) is 0 Å². The molecule has 0 saturated carbocycles. The van der Waals surface area contributed by atoms with Gasteiger partial charge in [-0.05, 0) is 19.3 Å². The number of rotatable bonds is 5. The average Bonchev–Trinajstić information content (AvgIpc) is 2.01. The first-order valence-electron chi connectivity index (χ1n) is 4.81. The molecule has 1 heterocycles. The van der Waals surface area contributed by atoms with Crippen LogP contribution in [0.1, 0.15) is 25.7 Å². The molecule has 0 bridgehead atoms. The van der Waals surface area contributed by atoms with Gasteiger partial charge >= 0.3 is 0 Å². The first-order valence-corrected chi connectivity index (χ1v) is 5.93. The van der Waals surface area contributed by atoms with Crippen LogP contribution in [-0.4, -0.2) is 34.6 Å². The third-order valence-electron chi connectivity index (χ3n) is 2.44. The van der Waals surface area contributed by atoms with Crippen molar-refractivity contribution < 1.29 is 9.59 Å². The highest BCUT2D eigenvalue weighted by molar-refractivity contribution is 9.09. The van der Waals surface area contributed by atoms with Crippen molar-refractivity contribution in [3.8, 4) is 0 Å². The minimum atomic E-state index is -0.384. The summed E-state index contributed by atoms with van der Waals surface area (Å²) in [6.07, 6.45) is 3.10. The zero-order chi connectivity index (χ0) is 10.6. The molecule has 14 heavy (non-hydrogen) atoms. The van der Waals surface area contributed by atoms with Gasteiger partial charge in [0.05, 0.1) is 0 Å². The van der Waals surface area contributed by atoms with E-state index in [9.17, 15) is 9.59 Å². The second-order valence-electron chi connectivity index (χ2n) is 3.44. The fraction of sp³-hybridized carbons (Fsp3) is 0.778. The van der Waals surface area contributed by atoms with Gasteiger partial charge in [0.25, 0.3) is 0 Å². The summed E-state index contributed by atoms with van der Waals surface area (Å²) in [6.45, 7) is 0.681. The quantitative estimate of drug-likeness (QED) is 0.584. The average molecular weight is 263 g/mol. The van der Waals surface area contributed by atoms with E-state index in [0.717, 1.165) is 24.6 Å². The minimum absolute atomic E-state index is 0.0565. The topological polar surface area (TPSA) is 63.4 Å². The van der Waals surface area contributed by atoms with Gasteiger partial charge in [0, 0.05) is 18.3 Å². The molecule has 2 N–H and O–H groups in total. The van der Waals surface area contributed by atoms with Crippen LogP contribution >= 0.6 is 15.9 Å². The van der Waals surface area contributed by atoms with Crippen molar-refractivity contribution in [3.63, 3.8) is 0 Å². The van der Waals surface area contributed by atoms with Crippen LogP contribution < -0.4 is 5.73 Å². The van der Waals surface area contributed by atoms with Crippen LogP contribution in [0.3, 0.4) is 0 Å². The lowest BCUT2D eigenvalue weighted by Crippen LogP contribution is -2.57. The molecular formula is C9H15BrN2O2. The third-order valence-corrected chi connectivity index (χ3v) is 3.00. The molecule has 0 radical (unpaired) electrons. The van der Waals surface area contributed by atoms with Crippen molar-refractivity contribution in [3.05, 3.63) is 0 Å². The van der Waals surface area contributed by atoms with Gasteiger partial charge in [0.15, 0.2) is 0 Å². The fourth-order valence-corrected chi connectivity index (χ4v) is 1.89. The summed E-state index contributed by atoms with van der Waals surface area (Å²) in [4.78, 5) is 23.9. The Morgan fingerprint density at radius 2 is 2.14 bits per heavy atom. The van der Waals surface area contributed by atoms with E-state index in [1.165, 1.54) is 0 Å². The Morgan fingerprint density at radius 1 is 1.43 bits per heavy atom. The van der Waals surface area contributed by atoms with Gasteiger partial charge in [-0.25, -0.2) is 0 Å². The van der Waals surface area contributed by atoms with E-state index < -0.39 is 0 Å². The van der Waals surface area contributed by atoms with Gasteiger partial charge in [0.1, 0.15) is 6.04 Å². The highest BCUT2D eigenvalue weighted by Crippen LogP contribution is 2.18. The summed E-state index contributed by atoms with van der Waals surface area (Å²) in [6, 6.07) is -0.341. The molecule has 1 aliphatic heterocycles. The Kier molecular flexibility index (Phi) is 4.38. The smallest absolute Gasteiger partial charge is 0.240 e. The summed E-state index contributed by atoms with van der Waals surface area (Å²) < 4.78 is 0. The number of amides is 2. The summed E-state index contributed by atoms with van der Waals surface area (Å²) in [5.74, 6) is -0.328. The van der Waals surface area contributed by atoms with E-state index >= 15 is 0 Å². The number of carbonyl (C=O) groups is 2. The lowest BCUT2D eigenvalue weighted by atomic mass is 10.0. The normalized spacial score (nSPS) is 20.4. The second kappa shape index (κ2) is 5.34. The lowest BCUT2D eigenvalue weighted by Gasteiger charge is -2.38. The zero-order valence-electron chi connectivity index (χ0n) is 8.04. The monoisotopic (exact) mass is 262 g/mol. The Morgan fingerprint density at radius 3 is 2.57 bits per heavy atom. The largest absolute Gasteiger partial charge is 0.368 e. The standard InChI is InChI=1S/C9H15BrN2O2/c10-5-2-1-3-8(13)12-6-4-7(12)9(11)14/h7H,1-6H2,(H2,11,14). The van der Waals surface area contributed by atoms with Crippen molar-refractivity contribution in [2.24, 2.45) is 5.73 Å². The molecule has 1 saturated heterocycles. The number of nitrogens with zero attached hydrogens (tertiary/aromatic N) is 1. The molecular weight excluding hydrogens is 248 g/mol. The molecule has 1 fully saturated rings. The lowest BCUT2D eigenvalue weighted by molar-refractivity contribution is -0.146. The van der Waals surface area contributed by atoms with E-state index in [0.29, 0.717) is 13.0 Å². The molecule has 80 valence electrons. The summed E-state index contributed by atoms with van der Waals surface area (Å²) in [7, 11) is 0. The van der Waals surface area contributed by atoms with Crippen LogP contribution in [0.15, 0.2) is 0 Å². The Balaban J connectivity index is 2.27. The summed E-state index contributed by atoms with van der Waals surface area (Å²) in [5.41, 5.74) is 5.14. The van der Waals surface area contributed by atoms with Crippen LogP contribution in [-0.2, 0) is 9.59 Å². The molecule has 1 atom stereocenters. The van der Waals surface area contributed by atoms with Gasteiger partial charge < -0.3 is 10.6 Å². The first-order chi connectivity index (χ1) is 6.66. The minimum Gasteiger partial charge on any atom is -0.368 e. The van der Waals surface area contributed by atoms with Crippen LogP contribution in [0.5, 0.6) is 0 Å². The van der Waals surface area contributed by atoms with Crippen LogP contribution in [0.4, 0.5) is 0 Å². The number of likely N-dealkylation sites (tertiary alicyclic amines) is 1. The fourth-order valence-electron chi connectivity index (χ4n) is 1.50. The van der Waals surface area contributed by atoms with Crippen LogP contribution in [0, 0.1) is 0 Å². The van der Waals surface area contributed by atoms with Crippen molar-refractivity contribution in [2.45, 2.75) is 31.7 Å². The molecule has 1 aliphatic rings. The molecule has 0 aromatic rings. The maximum Gasteiger partial charge on any atom is 0.240 e. The summed E-state index contributed by atoms with van der Waals surface area (Å²) >= 11 is 3.30. The Bertz CT molecular complexity index is 233. The highest BCUT2D eigenvalue weighted by Gasteiger charge is 2.35. The number of nitrogens with two attached hydrogens (primary N) is 1. The molecule has 4 nitrogen and oxygen atoms in total. The predicted molar refractivity (Wildman–Crippen MR) is 57.0 cm³/mol. The van der Waals surface area contributed by atoms with Crippen molar-refractivity contribution >= 4 is 27.7 Å². The zero-order valence-corrected chi connectivity index (χ0v) is 9.63. The number of carbonyl (C=O) groups excluding carboxylic acids is 2. The van der Waals surface area contributed by atoms with Crippen molar-refractivity contribution in [1.82, 2.24) is 4.90 Å². The number of halogens is 1. The second-order valence-corrected chi connectivity index (χ2v) is 4.23. The predicted octanol–water partition coefficient (Wildman–Crippen LogP) is 0.638. The molecule has 5 heteroatoms. The molecule has 2 amide bonds. The Hall–Kier alpha value is -0.580.